The van der Waals surface area contributed by atoms with Gasteiger partial charge in [0.25, 0.3) is 0 Å². The maximum absolute atomic E-state index is 5.14. The summed E-state index contributed by atoms with van der Waals surface area (Å²) in [5.41, 5.74) is 9.56. The minimum absolute atomic E-state index is 0.630. The highest BCUT2D eigenvalue weighted by molar-refractivity contribution is 6.15. The van der Waals surface area contributed by atoms with Gasteiger partial charge in [0, 0.05) is 49.6 Å². The van der Waals surface area contributed by atoms with E-state index in [4.69, 9.17) is 15.0 Å². The van der Waals surface area contributed by atoms with Gasteiger partial charge < -0.3 is 9.13 Å². The Morgan fingerprint density at radius 2 is 0.820 bits per heavy atom. The molecule has 0 aliphatic heterocycles. The molecule has 0 aliphatic carbocycles. The van der Waals surface area contributed by atoms with E-state index >= 15 is 0 Å². The van der Waals surface area contributed by atoms with Crippen molar-refractivity contribution in [3.05, 3.63) is 176 Å². The van der Waals surface area contributed by atoms with Crippen molar-refractivity contribution in [1.29, 1.82) is 0 Å². The molecule has 7 aromatic carbocycles. The largest absolute Gasteiger partial charge is 0.309 e. The first-order valence-electron chi connectivity index (χ1n) is 16.8. The van der Waals surface area contributed by atoms with Crippen molar-refractivity contribution in [1.82, 2.24) is 24.1 Å². The van der Waals surface area contributed by atoms with Crippen LogP contribution in [0.5, 0.6) is 0 Å². The molecule has 10 rings (SSSR count). The van der Waals surface area contributed by atoms with E-state index in [0.29, 0.717) is 17.5 Å². The molecular formula is C45H29N5. The van der Waals surface area contributed by atoms with Crippen LogP contribution in [0.15, 0.2) is 176 Å². The number of rotatable bonds is 5. The summed E-state index contributed by atoms with van der Waals surface area (Å²) in [5, 5.41) is 4.78. The first kappa shape index (κ1) is 28.2. The molecule has 0 bridgehead atoms. The summed E-state index contributed by atoms with van der Waals surface area (Å²) in [6.07, 6.45) is 0. The molecule has 0 saturated carbocycles. The zero-order valence-corrected chi connectivity index (χ0v) is 27.0. The Morgan fingerprint density at radius 3 is 1.44 bits per heavy atom. The van der Waals surface area contributed by atoms with Crippen LogP contribution in [0.2, 0.25) is 0 Å². The van der Waals surface area contributed by atoms with E-state index in [9.17, 15) is 0 Å². The fourth-order valence-electron chi connectivity index (χ4n) is 7.35. The number of para-hydroxylation sites is 4. The Labute approximate surface area is 288 Å². The Bertz CT molecular complexity index is 2740. The lowest BCUT2D eigenvalue weighted by molar-refractivity contribution is 1.07. The summed E-state index contributed by atoms with van der Waals surface area (Å²) in [7, 11) is 0. The predicted molar refractivity (Wildman–Crippen MR) is 205 cm³/mol. The van der Waals surface area contributed by atoms with Crippen LogP contribution in [0.25, 0.3) is 89.2 Å². The highest BCUT2D eigenvalue weighted by Gasteiger charge is 2.21. The molecular weight excluding hydrogens is 611 g/mol. The molecule has 50 heavy (non-hydrogen) atoms. The standard InChI is InChI=1S/C45H29N5/c1-4-15-30(16-5-1)43-46-44(31-17-6-2-7-18-31)48-45(47-43)37-24-14-23-36-38-29-33(27-28-41(38)50(42(36)37)32-19-8-3-9-20-32)49-39-25-12-10-21-34(39)35-22-11-13-26-40(35)49/h1-29H. The number of aromatic nitrogens is 5. The second-order valence-electron chi connectivity index (χ2n) is 12.5. The van der Waals surface area contributed by atoms with Gasteiger partial charge in [0.15, 0.2) is 17.5 Å². The van der Waals surface area contributed by atoms with Crippen LogP contribution in [-0.4, -0.2) is 24.1 Å². The lowest BCUT2D eigenvalue weighted by atomic mass is 10.1. The summed E-state index contributed by atoms with van der Waals surface area (Å²) in [5.74, 6) is 1.91. The first-order chi connectivity index (χ1) is 24.8. The van der Waals surface area contributed by atoms with Gasteiger partial charge in [-0.15, -0.1) is 0 Å². The van der Waals surface area contributed by atoms with Crippen LogP contribution >= 0.6 is 0 Å². The SMILES string of the molecule is c1ccc(-c2nc(-c3ccccc3)nc(-c3cccc4c5cc(-n6c7ccccc7c7ccccc76)ccc5n(-c5ccccc5)c34)n2)cc1. The van der Waals surface area contributed by atoms with Crippen LogP contribution < -0.4 is 0 Å². The molecule has 3 aromatic heterocycles. The second-order valence-corrected chi connectivity index (χ2v) is 12.5. The van der Waals surface area contributed by atoms with Crippen LogP contribution in [0.3, 0.4) is 0 Å². The summed E-state index contributed by atoms with van der Waals surface area (Å²) < 4.78 is 4.73. The number of fused-ring (bicyclic) bond motifs is 6. The molecule has 0 saturated heterocycles. The van der Waals surface area contributed by atoms with E-state index in [0.717, 1.165) is 49.9 Å². The molecule has 0 N–H and O–H groups in total. The molecule has 0 aliphatic rings. The van der Waals surface area contributed by atoms with E-state index in [1.807, 2.05) is 60.7 Å². The third-order valence-corrected chi connectivity index (χ3v) is 9.56. The highest BCUT2D eigenvalue weighted by Crippen LogP contribution is 2.40. The summed E-state index contributed by atoms with van der Waals surface area (Å²) in [6, 6.07) is 61.4. The molecule has 3 heterocycles. The number of nitrogens with zero attached hydrogens (tertiary/aromatic N) is 5. The van der Waals surface area contributed by atoms with Gasteiger partial charge in [-0.3, -0.25) is 0 Å². The maximum Gasteiger partial charge on any atom is 0.166 e. The Morgan fingerprint density at radius 1 is 0.320 bits per heavy atom. The highest BCUT2D eigenvalue weighted by atomic mass is 15.1. The zero-order valence-electron chi connectivity index (χ0n) is 27.0. The molecule has 234 valence electrons. The van der Waals surface area contributed by atoms with Crippen molar-refractivity contribution in [3.63, 3.8) is 0 Å². The van der Waals surface area contributed by atoms with Crippen molar-refractivity contribution in [2.24, 2.45) is 0 Å². The molecule has 0 unspecified atom stereocenters. The summed E-state index contributed by atoms with van der Waals surface area (Å²) in [6.45, 7) is 0. The lowest BCUT2D eigenvalue weighted by Gasteiger charge is -2.13. The van der Waals surface area contributed by atoms with Crippen LogP contribution in [0.1, 0.15) is 0 Å². The van der Waals surface area contributed by atoms with Gasteiger partial charge in [0.05, 0.1) is 22.1 Å². The van der Waals surface area contributed by atoms with Crippen molar-refractivity contribution >= 4 is 43.6 Å². The molecule has 0 spiro atoms. The van der Waals surface area contributed by atoms with E-state index in [1.165, 1.54) is 21.8 Å². The summed E-state index contributed by atoms with van der Waals surface area (Å²) >= 11 is 0. The maximum atomic E-state index is 5.14. The third kappa shape index (κ3) is 4.45. The van der Waals surface area contributed by atoms with Crippen LogP contribution in [-0.2, 0) is 0 Å². The van der Waals surface area contributed by atoms with Crippen LogP contribution in [0, 0.1) is 0 Å². The Hall–Kier alpha value is -6.85. The molecule has 0 radical (unpaired) electrons. The fraction of sp³-hybridized carbons (Fsp3) is 0. The first-order valence-corrected chi connectivity index (χ1v) is 16.8. The Kier molecular flexibility index (Phi) is 6.42. The van der Waals surface area contributed by atoms with Gasteiger partial charge in [0.2, 0.25) is 0 Å². The van der Waals surface area contributed by atoms with Gasteiger partial charge in [0.1, 0.15) is 0 Å². The smallest absolute Gasteiger partial charge is 0.166 e. The third-order valence-electron chi connectivity index (χ3n) is 9.56. The van der Waals surface area contributed by atoms with E-state index in [2.05, 4.69) is 124 Å². The number of hydrogen-bond acceptors (Lipinski definition) is 3. The second kappa shape index (κ2) is 11.4. The quantitative estimate of drug-likeness (QED) is 0.188. The van der Waals surface area contributed by atoms with Gasteiger partial charge >= 0.3 is 0 Å². The van der Waals surface area contributed by atoms with Gasteiger partial charge in [-0.1, -0.05) is 127 Å². The van der Waals surface area contributed by atoms with Gasteiger partial charge in [-0.2, -0.15) is 0 Å². The van der Waals surface area contributed by atoms with Crippen LogP contribution in [0.4, 0.5) is 0 Å². The van der Waals surface area contributed by atoms with E-state index < -0.39 is 0 Å². The number of benzene rings is 7. The normalized spacial score (nSPS) is 11.6. The monoisotopic (exact) mass is 639 g/mol. The van der Waals surface area contributed by atoms with Crippen molar-refractivity contribution in [2.75, 3.05) is 0 Å². The topological polar surface area (TPSA) is 48.5 Å². The average Bonchev–Trinajstić information content (AvgIpc) is 3.71. The minimum atomic E-state index is 0.630. The molecule has 10 aromatic rings. The molecule has 0 atom stereocenters. The average molecular weight is 640 g/mol. The number of hydrogen-bond donors (Lipinski definition) is 0. The van der Waals surface area contributed by atoms with Gasteiger partial charge in [-0.25, -0.2) is 15.0 Å². The predicted octanol–water partition coefficient (Wildman–Crippen LogP) is 11.1. The molecule has 0 amide bonds. The fourth-order valence-corrected chi connectivity index (χ4v) is 7.35. The van der Waals surface area contributed by atoms with Gasteiger partial charge in [-0.05, 0) is 48.5 Å². The molecule has 0 fully saturated rings. The van der Waals surface area contributed by atoms with Crippen molar-refractivity contribution in [2.45, 2.75) is 0 Å². The van der Waals surface area contributed by atoms with Crippen molar-refractivity contribution in [3.8, 4) is 45.5 Å². The molecule has 5 heteroatoms. The lowest BCUT2D eigenvalue weighted by Crippen LogP contribution is -2.02. The zero-order chi connectivity index (χ0) is 33.0. The minimum Gasteiger partial charge on any atom is -0.309 e. The molecule has 5 nitrogen and oxygen atoms in total. The van der Waals surface area contributed by atoms with E-state index in [1.54, 1.807) is 0 Å². The van der Waals surface area contributed by atoms with Crippen molar-refractivity contribution < 1.29 is 0 Å². The summed E-state index contributed by atoms with van der Waals surface area (Å²) in [4.78, 5) is 15.2. The Balaban J connectivity index is 1.28. The van der Waals surface area contributed by atoms with E-state index in [-0.39, 0.29) is 0 Å².